The monoisotopic (exact) mass is 173 g/mol. The topological polar surface area (TPSA) is 12.0 Å². The number of hydrogen-bond acceptors (Lipinski definition) is 1. The van der Waals surface area contributed by atoms with Gasteiger partial charge in [-0.3, -0.25) is 0 Å². The fraction of sp³-hybridized carbons (Fsp3) is 0.333. The Morgan fingerprint density at radius 2 is 1.92 bits per heavy atom. The van der Waals surface area contributed by atoms with E-state index in [0.29, 0.717) is 6.04 Å². The van der Waals surface area contributed by atoms with Gasteiger partial charge in [-0.25, -0.2) is 0 Å². The maximum absolute atomic E-state index is 5.26. The van der Waals surface area contributed by atoms with Gasteiger partial charge < -0.3 is 5.32 Å². The van der Waals surface area contributed by atoms with Gasteiger partial charge in [0.2, 0.25) is 0 Å². The molecule has 1 heteroatoms. The van der Waals surface area contributed by atoms with Gasteiger partial charge in [-0.1, -0.05) is 31.9 Å². The molecule has 0 aromatic heterocycles. The van der Waals surface area contributed by atoms with Crippen molar-refractivity contribution in [3.8, 4) is 12.3 Å². The van der Waals surface area contributed by atoms with Crippen LogP contribution in [0, 0.1) is 12.3 Å². The quantitative estimate of drug-likeness (QED) is 0.691. The van der Waals surface area contributed by atoms with Gasteiger partial charge in [-0.15, -0.1) is 6.42 Å². The maximum Gasteiger partial charge on any atom is 0.0242 e. The predicted octanol–water partition coefficient (Wildman–Crippen LogP) is 2.17. The molecule has 0 radical (unpaired) electrons. The third-order valence-electron chi connectivity index (χ3n) is 1.84. The summed E-state index contributed by atoms with van der Waals surface area (Å²) in [6, 6.07) is 8.58. The van der Waals surface area contributed by atoms with E-state index < -0.39 is 0 Å². The molecule has 68 valence electrons. The Balaban J connectivity index is 2.55. The Bertz CT molecular complexity index is 290. The first-order valence-corrected chi connectivity index (χ1v) is 4.51. The maximum atomic E-state index is 5.26. The van der Waals surface area contributed by atoms with Crippen molar-refractivity contribution < 1.29 is 0 Å². The van der Waals surface area contributed by atoms with Crippen LogP contribution in [0.3, 0.4) is 0 Å². The van der Waals surface area contributed by atoms with Crippen molar-refractivity contribution in [1.82, 2.24) is 5.32 Å². The highest BCUT2D eigenvalue weighted by molar-refractivity contribution is 5.34. The van der Waals surface area contributed by atoms with Crippen LogP contribution in [0.25, 0.3) is 0 Å². The average Bonchev–Trinajstić information content (AvgIpc) is 2.15. The zero-order chi connectivity index (χ0) is 9.68. The molecule has 0 aliphatic carbocycles. The smallest absolute Gasteiger partial charge is 0.0242 e. The fourth-order valence-corrected chi connectivity index (χ4v) is 1.04. The van der Waals surface area contributed by atoms with Gasteiger partial charge in [0.05, 0.1) is 0 Å². The number of terminal acetylenes is 1. The minimum absolute atomic E-state index is 0.521. The summed E-state index contributed by atoms with van der Waals surface area (Å²) in [5, 5.41) is 3.35. The van der Waals surface area contributed by atoms with Crippen molar-refractivity contribution in [3.63, 3.8) is 0 Å². The first kappa shape index (κ1) is 9.83. The fourth-order valence-electron chi connectivity index (χ4n) is 1.04. The third-order valence-corrected chi connectivity index (χ3v) is 1.84. The van der Waals surface area contributed by atoms with Crippen LogP contribution in [0.2, 0.25) is 0 Å². The molecule has 0 spiro atoms. The Labute approximate surface area is 80.2 Å². The zero-order valence-corrected chi connectivity index (χ0v) is 8.17. The first-order valence-electron chi connectivity index (χ1n) is 4.51. The van der Waals surface area contributed by atoms with Gasteiger partial charge >= 0.3 is 0 Å². The van der Waals surface area contributed by atoms with E-state index in [1.807, 2.05) is 12.1 Å². The summed E-state index contributed by atoms with van der Waals surface area (Å²) in [5.41, 5.74) is 2.21. The van der Waals surface area contributed by atoms with E-state index in [2.05, 4.69) is 37.2 Å². The molecule has 0 atom stereocenters. The van der Waals surface area contributed by atoms with E-state index in [4.69, 9.17) is 6.42 Å². The van der Waals surface area contributed by atoms with Gasteiger partial charge in [0.25, 0.3) is 0 Å². The number of hydrogen-bond donors (Lipinski definition) is 1. The Hall–Kier alpha value is -1.26. The summed E-state index contributed by atoms with van der Waals surface area (Å²) < 4.78 is 0. The standard InChI is InChI=1S/C12H15N/c1-4-11-5-7-12(8-6-11)9-13-10(2)3/h1,5-8,10,13H,9H2,2-3H3. The molecule has 1 N–H and O–H groups in total. The van der Waals surface area contributed by atoms with E-state index in [-0.39, 0.29) is 0 Å². The molecular formula is C12H15N. The highest BCUT2D eigenvalue weighted by Gasteiger charge is 1.94. The van der Waals surface area contributed by atoms with Crippen molar-refractivity contribution in [2.24, 2.45) is 0 Å². The number of benzene rings is 1. The molecule has 0 amide bonds. The summed E-state index contributed by atoms with van der Waals surface area (Å²) in [5.74, 6) is 2.60. The largest absolute Gasteiger partial charge is 0.310 e. The molecular weight excluding hydrogens is 158 g/mol. The van der Waals surface area contributed by atoms with Gasteiger partial charge in [-0.2, -0.15) is 0 Å². The van der Waals surface area contributed by atoms with E-state index in [1.54, 1.807) is 0 Å². The Morgan fingerprint density at radius 3 is 2.38 bits per heavy atom. The molecule has 0 heterocycles. The molecule has 0 aliphatic heterocycles. The third kappa shape index (κ3) is 3.31. The Morgan fingerprint density at radius 1 is 1.31 bits per heavy atom. The second-order valence-electron chi connectivity index (χ2n) is 3.38. The first-order chi connectivity index (χ1) is 6.22. The van der Waals surface area contributed by atoms with Crippen molar-refractivity contribution in [2.75, 3.05) is 0 Å². The number of rotatable bonds is 3. The molecule has 0 saturated heterocycles. The van der Waals surface area contributed by atoms with Crippen LogP contribution in [0.1, 0.15) is 25.0 Å². The van der Waals surface area contributed by atoms with Crippen LogP contribution in [0.5, 0.6) is 0 Å². The summed E-state index contributed by atoms with van der Waals surface area (Å²) in [7, 11) is 0. The summed E-state index contributed by atoms with van der Waals surface area (Å²) in [6.45, 7) is 5.17. The van der Waals surface area contributed by atoms with E-state index in [0.717, 1.165) is 12.1 Å². The lowest BCUT2D eigenvalue weighted by Crippen LogP contribution is -2.21. The molecule has 1 rings (SSSR count). The second-order valence-corrected chi connectivity index (χ2v) is 3.38. The van der Waals surface area contributed by atoms with Crippen LogP contribution in [0.15, 0.2) is 24.3 Å². The molecule has 0 bridgehead atoms. The van der Waals surface area contributed by atoms with E-state index in [1.165, 1.54) is 5.56 Å². The lowest BCUT2D eigenvalue weighted by molar-refractivity contribution is 0.589. The van der Waals surface area contributed by atoms with Crippen LogP contribution in [0.4, 0.5) is 0 Å². The van der Waals surface area contributed by atoms with Crippen molar-refractivity contribution in [2.45, 2.75) is 26.4 Å². The van der Waals surface area contributed by atoms with Crippen LogP contribution in [-0.2, 0) is 6.54 Å². The van der Waals surface area contributed by atoms with Crippen molar-refractivity contribution in [1.29, 1.82) is 0 Å². The van der Waals surface area contributed by atoms with Gasteiger partial charge in [-0.05, 0) is 17.7 Å². The summed E-state index contributed by atoms with van der Waals surface area (Å²) >= 11 is 0. The van der Waals surface area contributed by atoms with E-state index in [9.17, 15) is 0 Å². The predicted molar refractivity (Wildman–Crippen MR) is 56.4 cm³/mol. The van der Waals surface area contributed by atoms with E-state index >= 15 is 0 Å². The zero-order valence-electron chi connectivity index (χ0n) is 8.17. The molecule has 13 heavy (non-hydrogen) atoms. The van der Waals surface area contributed by atoms with Gasteiger partial charge in [0, 0.05) is 18.2 Å². The van der Waals surface area contributed by atoms with Gasteiger partial charge in [0.15, 0.2) is 0 Å². The minimum atomic E-state index is 0.521. The van der Waals surface area contributed by atoms with Crippen molar-refractivity contribution in [3.05, 3.63) is 35.4 Å². The molecule has 0 saturated carbocycles. The SMILES string of the molecule is C#Cc1ccc(CNC(C)C)cc1. The molecule has 0 unspecified atom stereocenters. The second kappa shape index (κ2) is 4.69. The molecule has 1 nitrogen and oxygen atoms in total. The highest BCUT2D eigenvalue weighted by atomic mass is 14.9. The summed E-state index contributed by atoms with van der Waals surface area (Å²) in [4.78, 5) is 0. The average molecular weight is 173 g/mol. The highest BCUT2D eigenvalue weighted by Crippen LogP contribution is 2.02. The van der Waals surface area contributed by atoms with Crippen LogP contribution in [-0.4, -0.2) is 6.04 Å². The van der Waals surface area contributed by atoms with Crippen LogP contribution < -0.4 is 5.32 Å². The van der Waals surface area contributed by atoms with Crippen LogP contribution >= 0.6 is 0 Å². The molecule has 1 aromatic rings. The summed E-state index contributed by atoms with van der Waals surface area (Å²) in [6.07, 6.45) is 5.26. The lowest BCUT2D eigenvalue weighted by atomic mass is 10.1. The molecule has 1 aromatic carbocycles. The van der Waals surface area contributed by atoms with Crippen molar-refractivity contribution >= 4 is 0 Å². The van der Waals surface area contributed by atoms with Gasteiger partial charge in [0.1, 0.15) is 0 Å². The molecule has 0 aliphatic rings. The minimum Gasteiger partial charge on any atom is -0.310 e. The lowest BCUT2D eigenvalue weighted by Gasteiger charge is -2.07. The Kier molecular flexibility index (Phi) is 3.54. The number of nitrogens with one attached hydrogen (secondary N) is 1. The normalized spacial score (nSPS) is 10.0. The molecule has 0 fully saturated rings.